The third-order valence-corrected chi connectivity index (χ3v) is 1.53. The third kappa shape index (κ3) is 2.66. The average Bonchev–Trinajstić information content (AvgIpc) is 1.96. The van der Waals surface area contributed by atoms with Crippen LogP contribution in [0.1, 0.15) is 0 Å². The van der Waals surface area contributed by atoms with E-state index in [1.807, 2.05) is 0 Å². The molecule has 0 radical (unpaired) electrons. The summed E-state index contributed by atoms with van der Waals surface area (Å²) in [6.45, 7) is 0. The lowest BCUT2D eigenvalue weighted by Gasteiger charge is -2.28. The van der Waals surface area contributed by atoms with Crippen LogP contribution in [0.4, 0.5) is 52.7 Å². The topological polar surface area (TPSA) is 0 Å². The van der Waals surface area contributed by atoms with E-state index in [4.69, 9.17) is 0 Å². The number of hydrogen-bond donors (Lipinski definition) is 0. The molecule has 0 aliphatic rings. The van der Waals surface area contributed by atoms with Crippen LogP contribution in [0, 0.1) is 0 Å². The largest absolute Gasteiger partial charge is 0.458 e. The standard InChI is InChI=1S/C6F12/c7-2(8)1(3(9,10)5(13,14)15)4(11,12)6(16,17)18. The number of hydrogen-bond acceptors (Lipinski definition) is 0. The molecule has 0 aromatic carbocycles. The van der Waals surface area contributed by atoms with Gasteiger partial charge < -0.3 is 0 Å². The zero-order valence-electron chi connectivity index (χ0n) is 7.54. The van der Waals surface area contributed by atoms with E-state index in [-0.39, 0.29) is 0 Å². The Bertz CT molecular complexity index is 309. The lowest BCUT2D eigenvalue weighted by molar-refractivity contribution is -0.309. The molecule has 0 atom stereocenters. The highest BCUT2D eigenvalue weighted by atomic mass is 19.4. The van der Waals surface area contributed by atoms with Crippen molar-refractivity contribution in [1.29, 1.82) is 0 Å². The normalized spacial score (nSPS) is 14.7. The Balaban J connectivity index is 6.06. The Morgan fingerprint density at radius 1 is 0.500 bits per heavy atom. The molecule has 0 bridgehead atoms. The van der Waals surface area contributed by atoms with Crippen molar-refractivity contribution in [2.24, 2.45) is 0 Å². The van der Waals surface area contributed by atoms with Gasteiger partial charge in [-0.2, -0.15) is 52.7 Å². The minimum atomic E-state index is -7.03. The Morgan fingerprint density at radius 2 is 0.722 bits per heavy atom. The molecule has 0 spiro atoms. The van der Waals surface area contributed by atoms with Crippen molar-refractivity contribution < 1.29 is 52.7 Å². The molecule has 0 N–H and O–H groups in total. The second-order valence-electron chi connectivity index (χ2n) is 2.78. The van der Waals surface area contributed by atoms with E-state index in [2.05, 4.69) is 0 Å². The van der Waals surface area contributed by atoms with E-state index >= 15 is 0 Å². The summed E-state index contributed by atoms with van der Waals surface area (Å²) >= 11 is 0. The van der Waals surface area contributed by atoms with Crippen molar-refractivity contribution in [2.75, 3.05) is 0 Å². The molecule has 12 heteroatoms. The van der Waals surface area contributed by atoms with E-state index in [1.54, 1.807) is 0 Å². The summed E-state index contributed by atoms with van der Waals surface area (Å²) in [6, 6.07) is 0. The second-order valence-corrected chi connectivity index (χ2v) is 2.78. The summed E-state index contributed by atoms with van der Waals surface area (Å²) in [7, 11) is 0. The van der Waals surface area contributed by atoms with Gasteiger partial charge in [0, 0.05) is 0 Å². The molecule has 0 fully saturated rings. The van der Waals surface area contributed by atoms with Crippen LogP contribution in [-0.4, -0.2) is 24.2 Å². The van der Waals surface area contributed by atoms with Crippen molar-refractivity contribution >= 4 is 0 Å². The lowest BCUT2D eigenvalue weighted by atomic mass is 10.0. The zero-order valence-corrected chi connectivity index (χ0v) is 7.54. The molecular weight excluding hydrogens is 300 g/mol. The van der Waals surface area contributed by atoms with E-state index in [1.165, 1.54) is 0 Å². The Hall–Kier alpha value is -1.10. The molecule has 0 aromatic rings. The fraction of sp³-hybridized carbons (Fsp3) is 0.667. The van der Waals surface area contributed by atoms with Gasteiger partial charge in [-0.3, -0.25) is 0 Å². The van der Waals surface area contributed by atoms with Crippen LogP contribution < -0.4 is 0 Å². The van der Waals surface area contributed by atoms with E-state index in [0.29, 0.717) is 0 Å². The molecule has 0 saturated heterocycles. The average molecular weight is 300 g/mol. The van der Waals surface area contributed by atoms with Gasteiger partial charge in [0.25, 0.3) is 6.08 Å². The molecule has 0 saturated carbocycles. The molecule has 0 unspecified atom stereocenters. The van der Waals surface area contributed by atoms with Crippen LogP contribution in [0.25, 0.3) is 0 Å². The summed E-state index contributed by atoms with van der Waals surface area (Å²) in [6.07, 6.45) is -18.5. The van der Waals surface area contributed by atoms with Gasteiger partial charge in [-0.25, -0.2) is 0 Å². The van der Waals surface area contributed by atoms with Crippen LogP contribution in [0.2, 0.25) is 0 Å². The first-order valence-corrected chi connectivity index (χ1v) is 3.52. The number of allylic oxidation sites excluding steroid dienone is 1. The predicted octanol–water partition coefficient (Wildman–Crippen LogP) is 4.53. The molecule has 18 heavy (non-hydrogen) atoms. The summed E-state index contributed by atoms with van der Waals surface area (Å²) in [5.41, 5.74) is -4.63. The summed E-state index contributed by atoms with van der Waals surface area (Å²) in [5, 5.41) is 0. The molecule has 0 nitrogen and oxygen atoms in total. The van der Waals surface area contributed by atoms with Crippen molar-refractivity contribution in [3.63, 3.8) is 0 Å². The quantitative estimate of drug-likeness (QED) is 0.657. The highest BCUT2D eigenvalue weighted by Crippen LogP contribution is 2.53. The molecule has 0 aromatic heterocycles. The van der Waals surface area contributed by atoms with Gasteiger partial charge in [0.2, 0.25) is 0 Å². The van der Waals surface area contributed by atoms with Gasteiger partial charge in [-0.1, -0.05) is 0 Å². The lowest BCUT2D eigenvalue weighted by Crippen LogP contribution is -2.50. The maximum atomic E-state index is 12.2. The smallest absolute Gasteiger partial charge is 0.191 e. The van der Waals surface area contributed by atoms with Crippen molar-refractivity contribution in [3.05, 3.63) is 11.7 Å². The summed E-state index contributed by atoms with van der Waals surface area (Å²) in [4.78, 5) is 0. The first-order chi connectivity index (χ1) is 7.57. The number of rotatable bonds is 2. The van der Waals surface area contributed by atoms with Gasteiger partial charge in [0.15, 0.2) is 5.57 Å². The van der Waals surface area contributed by atoms with E-state index in [9.17, 15) is 52.7 Å². The Labute approximate surface area is 89.9 Å². The van der Waals surface area contributed by atoms with Crippen LogP contribution in [0.15, 0.2) is 11.7 Å². The monoisotopic (exact) mass is 300 g/mol. The maximum absolute atomic E-state index is 12.2. The molecule has 0 heterocycles. The van der Waals surface area contributed by atoms with Crippen LogP contribution in [0.3, 0.4) is 0 Å². The fourth-order valence-electron chi connectivity index (χ4n) is 0.718. The molecule has 0 aliphatic carbocycles. The fourth-order valence-corrected chi connectivity index (χ4v) is 0.718. The van der Waals surface area contributed by atoms with Gasteiger partial charge in [0.1, 0.15) is 0 Å². The Morgan fingerprint density at radius 3 is 0.833 bits per heavy atom. The summed E-state index contributed by atoms with van der Waals surface area (Å²) in [5.74, 6) is -14.0. The molecule has 0 aliphatic heterocycles. The van der Waals surface area contributed by atoms with Gasteiger partial charge in [-0.15, -0.1) is 0 Å². The zero-order chi connectivity index (χ0) is 15.2. The molecule has 0 rings (SSSR count). The maximum Gasteiger partial charge on any atom is 0.458 e. The third-order valence-electron chi connectivity index (χ3n) is 1.53. The Kier molecular flexibility index (Phi) is 3.97. The first kappa shape index (κ1) is 16.9. The highest BCUT2D eigenvalue weighted by Gasteiger charge is 2.74. The van der Waals surface area contributed by atoms with Crippen molar-refractivity contribution in [1.82, 2.24) is 0 Å². The molecule has 108 valence electrons. The number of halogens is 12. The highest BCUT2D eigenvalue weighted by molar-refractivity contribution is 5.26. The molecule has 0 amide bonds. The number of alkyl halides is 10. The van der Waals surface area contributed by atoms with Crippen LogP contribution in [-0.2, 0) is 0 Å². The van der Waals surface area contributed by atoms with E-state index in [0.717, 1.165) is 0 Å². The minimum Gasteiger partial charge on any atom is -0.191 e. The summed E-state index contributed by atoms with van der Waals surface area (Å²) < 4.78 is 142. The van der Waals surface area contributed by atoms with Gasteiger partial charge in [-0.05, 0) is 0 Å². The van der Waals surface area contributed by atoms with E-state index < -0.39 is 35.9 Å². The van der Waals surface area contributed by atoms with Gasteiger partial charge in [0.05, 0.1) is 0 Å². The SMILES string of the molecule is FC(F)=C(C(F)(F)C(F)(F)F)C(F)(F)C(F)(F)F. The van der Waals surface area contributed by atoms with Crippen molar-refractivity contribution in [3.8, 4) is 0 Å². The first-order valence-electron chi connectivity index (χ1n) is 3.52. The minimum absolute atomic E-state index is 4.46. The van der Waals surface area contributed by atoms with Gasteiger partial charge >= 0.3 is 24.2 Å². The van der Waals surface area contributed by atoms with Crippen molar-refractivity contribution in [2.45, 2.75) is 24.2 Å². The second kappa shape index (κ2) is 4.23. The van der Waals surface area contributed by atoms with Crippen LogP contribution in [0.5, 0.6) is 0 Å². The predicted molar refractivity (Wildman–Crippen MR) is 31.2 cm³/mol. The molecular formula is C6F12. The van der Waals surface area contributed by atoms with Crippen LogP contribution >= 0.6 is 0 Å².